The van der Waals surface area contributed by atoms with Crippen LogP contribution in [0.15, 0.2) is 42.5 Å². The van der Waals surface area contributed by atoms with E-state index >= 15 is 0 Å². The lowest BCUT2D eigenvalue weighted by atomic mass is 9.83. The summed E-state index contributed by atoms with van der Waals surface area (Å²) in [6.45, 7) is 6.02. The average molecular weight is 363 g/mol. The highest BCUT2D eigenvalue weighted by atomic mass is 16.4. The van der Waals surface area contributed by atoms with Gasteiger partial charge in [-0.15, -0.1) is 0 Å². The third-order valence-electron chi connectivity index (χ3n) is 5.34. The molecule has 3 rings (SSSR count). The van der Waals surface area contributed by atoms with Gasteiger partial charge in [-0.1, -0.05) is 24.3 Å². The van der Waals surface area contributed by atoms with Crippen LogP contribution in [0.3, 0.4) is 0 Å². The van der Waals surface area contributed by atoms with Gasteiger partial charge in [0.25, 0.3) is 0 Å². The molecule has 2 aromatic rings. The number of fused-ring (bicyclic) bond motifs is 1. The standard InChI is InChI=1S/C23H25NO3/c1-14-6-5-7-15(2)23(14)21-13-19(25)12-17-11-18(8-9-20(17)21)24(4)16(3)10-22(26)27/h5-9,11,13,16H,10,12H2,1-4H3,(H,26,27)/t16-/m0/s1. The zero-order chi connectivity index (χ0) is 19.7. The van der Waals surface area contributed by atoms with Crippen molar-refractivity contribution in [3.8, 4) is 0 Å². The predicted molar refractivity (Wildman–Crippen MR) is 108 cm³/mol. The van der Waals surface area contributed by atoms with Crippen LogP contribution in [0.4, 0.5) is 5.69 Å². The van der Waals surface area contributed by atoms with E-state index in [1.54, 1.807) is 6.08 Å². The molecule has 0 unspecified atom stereocenters. The van der Waals surface area contributed by atoms with Crippen LogP contribution in [-0.4, -0.2) is 29.9 Å². The summed E-state index contributed by atoms with van der Waals surface area (Å²) in [5, 5.41) is 9.04. The van der Waals surface area contributed by atoms with Crippen LogP contribution in [-0.2, 0) is 16.0 Å². The zero-order valence-corrected chi connectivity index (χ0v) is 16.2. The highest BCUT2D eigenvalue weighted by Gasteiger charge is 2.22. The van der Waals surface area contributed by atoms with Gasteiger partial charge in [0.2, 0.25) is 0 Å². The molecular formula is C23H25NO3. The molecule has 0 amide bonds. The molecule has 0 fully saturated rings. The number of carbonyl (C=O) groups excluding carboxylic acids is 1. The van der Waals surface area contributed by atoms with Gasteiger partial charge in [0.1, 0.15) is 0 Å². The molecule has 0 aromatic heterocycles. The Morgan fingerprint density at radius 2 is 1.85 bits per heavy atom. The van der Waals surface area contributed by atoms with Crippen molar-refractivity contribution < 1.29 is 14.7 Å². The van der Waals surface area contributed by atoms with Gasteiger partial charge in [-0.25, -0.2) is 0 Å². The summed E-state index contributed by atoms with van der Waals surface area (Å²) >= 11 is 0. The highest BCUT2D eigenvalue weighted by Crippen LogP contribution is 2.36. The molecule has 0 spiro atoms. The molecule has 4 heteroatoms. The Morgan fingerprint density at radius 3 is 2.48 bits per heavy atom. The Bertz CT molecular complexity index is 922. The van der Waals surface area contributed by atoms with Crippen molar-refractivity contribution in [2.24, 2.45) is 0 Å². The number of benzene rings is 2. The third-order valence-corrected chi connectivity index (χ3v) is 5.34. The number of hydrogen-bond acceptors (Lipinski definition) is 3. The number of aryl methyl sites for hydroxylation is 2. The van der Waals surface area contributed by atoms with E-state index in [4.69, 9.17) is 5.11 Å². The monoisotopic (exact) mass is 363 g/mol. The average Bonchev–Trinajstić information content (AvgIpc) is 2.59. The van der Waals surface area contributed by atoms with E-state index < -0.39 is 5.97 Å². The summed E-state index contributed by atoms with van der Waals surface area (Å²) < 4.78 is 0. The molecule has 140 valence electrons. The molecule has 0 aliphatic heterocycles. The van der Waals surface area contributed by atoms with Crippen LogP contribution in [0.1, 0.15) is 41.2 Å². The molecule has 1 aliphatic rings. The largest absolute Gasteiger partial charge is 0.481 e. The van der Waals surface area contributed by atoms with Gasteiger partial charge in [0.05, 0.1) is 6.42 Å². The van der Waals surface area contributed by atoms with Crippen molar-refractivity contribution in [3.05, 3.63) is 70.3 Å². The Labute approximate surface area is 160 Å². The summed E-state index contributed by atoms with van der Waals surface area (Å²) in [6.07, 6.45) is 2.20. The fourth-order valence-corrected chi connectivity index (χ4v) is 3.78. The molecule has 0 radical (unpaired) electrons. The van der Waals surface area contributed by atoms with Crippen LogP contribution in [0, 0.1) is 13.8 Å². The fraction of sp³-hybridized carbons (Fsp3) is 0.304. The first-order chi connectivity index (χ1) is 12.8. The van der Waals surface area contributed by atoms with Gasteiger partial charge in [-0.2, -0.15) is 0 Å². The SMILES string of the molecule is Cc1cccc(C)c1C1=CC(=O)Cc2cc(N(C)[C@@H](C)CC(=O)O)ccc21. The number of hydrogen-bond donors (Lipinski definition) is 1. The van der Waals surface area contributed by atoms with E-state index in [1.807, 2.05) is 37.1 Å². The fourth-order valence-electron chi connectivity index (χ4n) is 3.78. The Balaban J connectivity index is 2.03. The third kappa shape index (κ3) is 3.80. The molecule has 1 aliphatic carbocycles. The van der Waals surface area contributed by atoms with Gasteiger partial charge in [-0.05, 0) is 72.4 Å². The van der Waals surface area contributed by atoms with Crippen LogP contribution in [0.25, 0.3) is 5.57 Å². The van der Waals surface area contributed by atoms with Crippen LogP contribution in [0.5, 0.6) is 0 Å². The minimum atomic E-state index is -0.817. The lowest BCUT2D eigenvalue weighted by Gasteiger charge is -2.28. The second kappa shape index (κ2) is 7.39. The molecule has 4 nitrogen and oxygen atoms in total. The van der Waals surface area contributed by atoms with Crippen LogP contribution < -0.4 is 4.90 Å². The topological polar surface area (TPSA) is 57.6 Å². The quantitative estimate of drug-likeness (QED) is 0.867. The number of carbonyl (C=O) groups is 2. The summed E-state index contributed by atoms with van der Waals surface area (Å²) in [7, 11) is 1.89. The molecule has 1 N–H and O–H groups in total. The molecule has 0 bridgehead atoms. The minimum Gasteiger partial charge on any atom is -0.481 e. The Hall–Kier alpha value is -2.88. The van der Waals surface area contributed by atoms with Crippen molar-refractivity contribution in [1.29, 1.82) is 0 Å². The second-order valence-electron chi connectivity index (χ2n) is 7.37. The maximum Gasteiger partial charge on any atom is 0.305 e. The van der Waals surface area contributed by atoms with Crippen molar-refractivity contribution in [3.63, 3.8) is 0 Å². The number of allylic oxidation sites excluding steroid dienone is 1. The number of carboxylic acid groups (broad SMARTS) is 1. The smallest absolute Gasteiger partial charge is 0.305 e. The molecule has 0 saturated heterocycles. The highest BCUT2D eigenvalue weighted by molar-refractivity contribution is 6.06. The summed E-state index contributed by atoms with van der Waals surface area (Å²) in [6, 6.07) is 12.1. The number of aliphatic carboxylic acids is 1. The lowest BCUT2D eigenvalue weighted by molar-refractivity contribution is -0.137. The maximum atomic E-state index is 12.4. The zero-order valence-electron chi connectivity index (χ0n) is 16.2. The number of rotatable bonds is 5. The van der Waals surface area contributed by atoms with Crippen molar-refractivity contribution >= 4 is 23.0 Å². The molecule has 27 heavy (non-hydrogen) atoms. The maximum absolute atomic E-state index is 12.4. The van der Waals surface area contributed by atoms with Gasteiger partial charge >= 0.3 is 5.97 Å². The van der Waals surface area contributed by atoms with Crippen molar-refractivity contribution in [2.45, 2.75) is 39.7 Å². The first kappa shape index (κ1) is 18.9. The Kier molecular flexibility index (Phi) is 5.17. The first-order valence-corrected chi connectivity index (χ1v) is 9.17. The number of nitrogens with zero attached hydrogens (tertiary/aromatic N) is 1. The van der Waals surface area contributed by atoms with E-state index in [1.165, 1.54) is 0 Å². The van der Waals surface area contributed by atoms with Crippen molar-refractivity contribution in [1.82, 2.24) is 0 Å². The van der Waals surface area contributed by atoms with Crippen molar-refractivity contribution in [2.75, 3.05) is 11.9 Å². The van der Waals surface area contributed by atoms with Gasteiger partial charge in [-0.3, -0.25) is 9.59 Å². The summed E-state index contributed by atoms with van der Waals surface area (Å²) in [5.74, 6) is -0.721. The van der Waals surface area contributed by atoms with E-state index in [0.717, 1.165) is 39.1 Å². The Morgan fingerprint density at radius 1 is 1.19 bits per heavy atom. The molecule has 1 atom stereocenters. The second-order valence-corrected chi connectivity index (χ2v) is 7.37. The normalized spacial score (nSPS) is 14.4. The number of ketones is 1. The molecule has 2 aromatic carbocycles. The molecule has 0 saturated carbocycles. The van der Waals surface area contributed by atoms with Gasteiger partial charge < -0.3 is 10.0 Å². The summed E-state index contributed by atoms with van der Waals surface area (Å²) in [4.78, 5) is 25.4. The van der Waals surface area contributed by atoms with Gasteiger partial charge in [0, 0.05) is 25.2 Å². The summed E-state index contributed by atoms with van der Waals surface area (Å²) in [5.41, 5.74) is 7.40. The van der Waals surface area contributed by atoms with Gasteiger partial charge in [0.15, 0.2) is 5.78 Å². The molecule has 0 heterocycles. The predicted octanol–water partition coefficient (Wildman–Crippen LogP) is 4.16. The van der Waals surface area contributed by atoms with E-state index in [0.29, 0.717) is 6.42 Å². The number of carboxylic acids is 1. The number of anilines is 1. The van der Waals surface area contributed by atoms with E-state index in [-0.39, 0.29) is 18.2 Å². The van der Waals surface area contributed by atoms with Crippen LogP contribution in [0.2, 0.25) is 0 Å². The molecular weight excluding hydrogens is 338 g/mol. The van der Waals surface area contributed by atoms with E-state index in [2.05, 4.69) is 32.0 Å². The minimum absolute atomic E-state index is 0.0695. The first-order valence-electron chi connectivity index (χ1n) is 9.17. The van der Waals surface area contributed by atoms with Crippen LogP contribution >= 0.6 is 0 Å². The van der Waals surface area contributed by atoms with E-state index in [9.17, 15) is 9.59 Å². The lowest BCUT2D eigenvalue weighted by Crippen LogP contribution is -2.31.